The Labute approximate surface area is 159 Å². The number of fused-ring (bicyclic) bond motifs is 1. The fourth-order valence-electron chi connectivity index (χ4n) is 2.96. The van der Waals surface area contributed by atoms with Crippen LogP contribution >= 0.6 is 11.3 Å². The molecule has 1 amide bonds. The molecule has 9 nitrogen and oxygen atoms in total. The molecule has 0 saturated carbocycles. The first-order valence-corrected chi connectivity index (χ1v) is 9.39. The highest BCUT2D eigenvalue weighted by Crippen LogP contribution is 2.26. The zero-order chi connectivity index (χ0) is 18.8. The number of aryl methyl sites for hydroxylation is 1. The number of rotatable bonds is 3. The number of carbonyl (C=O) groups excluding carboxylic acids is 1. The van der Waals surface area contributed by atoms with Gasteiger partial charge >= 0.3 is 6.09 Å². The fraction of sp³-hybridized carbons (Fsp3) is 0.294. The normalized spacial score (nSPS) is 15.1. The summed E-state index contributed by atoms with van der Waals surface area (Å²) in [5, 5.41) is 4.38. The zero-order valence-corrected chi connectivity index (χ0v) is 15.6. The summed E-state index contributed by atoms with van der Waals surface area (Å²) < 4.78 is 0. The van der Waals surface area contributed by atoms with Gasteiger partial charge in [-0.05, 0) is 24.6 Å². The number of nitrogens with two attached hydrogens (primary N) is 1. The standard InChI is InChI=1S/C17H19N7O2S/c1-11-3-2-4-12(9-11)20-17(25)26-24-7-5-23(6-8-24)14-13-15(27-10-19-13)22-16(18)21-14/h2-4,9-10H,5-8H2,1H3,(H,20,25)(H2,18,21,22). The Hall–Kier alpha value is -2.98. The average molecular weight is 385 g/mol. The highest BCUT2D eigenvalue weighted by molar-refractivity contribution is 7.16. The van der Waals surface area contributed by atoms with Gasteiger partial charge in [0.1, 0.15) is 5.52 Å². The number of hydrogen-bond donors (Lipinski definition) is 2. The summed E-state index contributed by atoms with van der Waals surface area (Å²) in [4.78, 5) is 33.2. The second-order valence-electron chi connectivity index (χ2n) is 6.20. The molecule has 0 aliphatic carbocycles. The van der Waals surface area contributed by atoms with Crippen LogP contribution in [0.3, 0.4) is 0 Å². The summed E-state index contributed by atoms with van der Waals surface area (Å²) in [6, 6.07) is 7.56. The van der Waals surface area contributed by atoms with Gasteiger partial charge < -0.3 is 15.5 Å². The number of nitrogens with zero attached hydrogens (tertiary/aromatic N) is 5. The SMILES string of the molecule is Cc1cccc(NC(=O)ON2CCN(c3nc(N)nc4scnc34)CC2)c1. The largest absolute Gasteiger partial charge is 0.430 e. The number of carbonyl (C=O) groups is 1. The number of piperazine rings is 1. The van der Waals surface area contributed by atoms with E-state index in [1.807, 2.05) is 31.2 Å². The number of nitrogen functional groups attached to an aromatic ring is 1. The van der Waals surface area contributed by atoms with E-state index >= 15 is 0 Å². The van der Waals surface area contributed by atoms with Gasteiger partial charge in [-0.25, -0.2) is 14.8 Å². The van der Waals surface area contributed by atoms with Crippen LogP contribution in [0, 0.1) is 6.92 Å². The van der Waals surface area contributed by atoms with Gasteiger partial charge in [-0.15, -0.1) is 16.4 Å². The lowest BCUT2D eigenvalue weighted by molar-refractivity contribution is -0.0966. The molecule has 1 aliphatic rings. The Morgan fingerprint density at radius 3 is 2.85 bits per heavy atom. The molecule has 0 spiro atoms. The van der Waals surface area contributed by atoms with Crippen LogP contribution < -0.4 is 16.0 Å². The summed E-state index contributed by atoms with van der Waals surface area (Å²) in [5.41, 5.74) is 10.1. The minimum atomic E-state index is -0.498. The molecule has 140 valence electrons. The van der Waals surface area contributed by atoms with Crippen LogP contribution in [0.15, 0.2) is 29.8 Å². The molecule has 2 aromatic heterocycles. The smallest absolute Gasteiger partial charge is 0.368 e. The number of aromatic nitrogens is 3. The molecule has 3 heterocycles. The molecule has 1 fully saturated rings. The van der Waals surface area contributed by atoms with Crippen LogP contribution in [0.2, 0.25) is 0 Å². The van der Waals surface area contributed by atoms with Crippen molar-refractivity contribution in [1.29, 1.82) is 0 Å². The van der Waals surface area contributed by atoms with Gasteiger partial charge in [-0.1, -0.05) is 12.1 Å². The molecule has 3 aromatic rings. The molecule has 1 aromatic carbocycles. The summed E-state index contributed by atoms with van der Waals surface area (Å²) in [6.07, 6.45) is -0.498. The number of thiazole rings is 1. The third kappa shape index (κ3) is 3.91. The first kappa shape index (κ1) is 17.4. The lowest BCUT2D eigenvalue weighted by Gasteiger charge is -2.33. The van der Waals surface area contributed by atoms with E-state index in [4.69, 9.17) is 10.6 Å². The van der Waals surface area contributed by atoms with Gasteiger partial charge in [0.15, 0.2) is 10.6 Å². The van der Waals surface area contributed by atoms with Crippen LogP contribution in [-0.4, -0.2) is 52.3 Å². The number of hydrogen-bond acceptors (Lipinski definition) is 9. The van der Waals surface area contributed by atoms with Crippen LogP contribution in [0.5, 0.6) is 0 Å². The van der Waals surface area contributed by atoms with E-state index in [0.717, 1.165) is 21.7 Å². The quantitative estimate of drug-likeness (QED) is 0.707. The number of nitrogens with one attached hydrogen (secondary N) is 1. The summed E-state index contributed by atoms with van der Waals surface area (Å²) in [6.45, 7) is 4.35. The van der Waals surface area contributed by atoms with Crippen molar-refractivity contribution in [2.45, 2.75) is 6.92 Å². The van der Waals surface area contributed by atoms with Gasteiger partial charge in [0, 0.05) is 18.8 Å². The van der Waals surface area contributed by atoms with Gasteiger partial charge in [0.2, 0.25) is 5.95 Å². The topological polar surface area (TPSA) is 110 Å². The maximum atomic E-state index is 12.1. The number of hydroxylamine groups is 2. The van der Waals surface area contributed by atoms with Crippen molar-refractivity contribution in [3.05, 3.63) is 35.3 Å². The molecular weight excluding hydrogens is 366 g/mol. The Morgan fingerprint density at radius 1 is 1.26 bits per heavy atom. The van der Waals surface area contributed by atoms with E-state index in [-0.39, 0.29) is 5.95 Å². The average Bonchev–Trinajstić information content (AvgIpc) is 3.10. The lowest BCUT2D eigenvalue weighted by atomic mass is 10.2. The molecule has 27 heavy (non-hydrogen) atoms. The molecule has 1 saturated heterocycles. The van der Waals surface area contributed by atoms with E-state index < -0.39 is 6.09 Å². The van der Waals surface area contributed by atoms with Gasteiger partial charge in [-0.3, -0.25) is 5.32 Å². The first-order chi connectivity index (χ1) is 13.1. The molecule has 0 radical (unpaired) electrons. The number of benzene rings is 1. The van der Waals surface area contributed by atoms with Crippen LogP contribution in [0.25, 0.3) is 10.3 Å². The summed E-state index contributed by atoms with van der Waals surface area (Å²) in [7, 11) is 0. The molecule has 3 N–H and O–H groups in total. The Bertz CT molecular complexity index is 969. The molecule has 4 rings (SSSR count). The van der Waals surface area contributed by atoms with Crippen LogP contribution in [0.4, 0.5) is 22.2 Å². The van der Waals surface area contributed by atoms with Crippen LogP contribution in [0.1, 0.15) is 5.56 Å². The van der Waals surface area contributed by atoms with Crippen molar-refractivity contribution in [1.82, 2.24) is 20.0 Å². The van der Waals surface area contributed by atoms with E-state index in [9.17, 15) is 4.79 Å². The Balaban J connectivity index is 1.36. The van der Waals surface area contributed by atoms with E-state index in [2.05, 4.69) is 25.2 Å². The molecule has 10 heteroatoms. The van der Waals surface area contributed by atoms with Crippen molar-refractivity contribution in [3.63, 3.8) is 0 Å². The van der Waals surface area contributed by atoms with E-state index in [1.54, 1.807) is 10.6 Å². The van der Waals surface area contributed by atoms with Crippen molar-refractivity contribution >= 4 is 45.2 Å². The lowest BCUT2D eigenvalue weighted by Crippen LogP contribution is -2.47. The number of anilines is 3. The minimum Gasteiger partial charge on any atom is -0.368 e. The highest BCUT2D eigenvalue weighted by Gasteiger charge is 2.24. The molecular formula is C17H19N7O2S. The van der Waals surface area contributed by atoms with Gasteiger partial charge in [0.05, 0.1) is 18.6 Å². The van der Waals surface area contributed by atoms with Crippen LogP contribution in [-0.2, 0) is 4.84 Å². The molecule has 0 bridgehead atoms. The van der Waals surface area contributed by atoms with Gasteiger partial charge in [-0.2, -0.15) is 4.98 Å². The van der Waals surface area contributed by atoms with E-state index in [0.29, 0.717) is 31.9 Å². The molecule has 0 unspecified atom stereocenters. The predicted octanol–water partition coefficient (Wildman–Crippen LogP) is 2.26. The second-order valence-corrected chi connectivity index (χ2v) is 7.03. The van der Waals surface area contributed by atoms with Crippen molar-refractivity contribution in [2.24, 2.45) is 0 Å². The van der Waals surface area contributed by atoms with Crippen molar-refractivity contribution < 1.29 is 9.63 Å². The first-order valence-electron chi connectivity index (χ1n) is 8.51. The summed E-state index contributed by atoms with van der Waals surface area (Å²) >= 11 is 1.43. The van der Waals surface area contributed by atoms with Crippen molar-refractivity contribution in [3.8, 4) is 0 Å². The zero-order valence-electron chi connectivity index (χ0n) is 14.8. The van der Waals surface area contributed by atoms with Gasteiger partial charge in [0.25, 0.3) is 0 Å². The Kier molecular flexibility index (Phi) is 4.73. The third-order valence-corrected chi connectivity index (χ3v) is 4.93. The second kappa shape index (κ2) is 7.33. The monoisotopic (exact) mass is 385 g/mol. The van der Waals surface area contributed by atoms with Crippen molar-refractivity contribution in [2.75, 3.05) is 42.1 Å². The maximum absolute atomic E-state index is 12.1. The molecule has 1 aliphatic heterocycles. The fourth-order valence-corrected chi connectivity index (χ4v) is 3.62. The minimum absolute atomic E-state index is 0.234. The molecule has 0 atom stereocenters. The maximum Gasteiger partial charge on any atom is 0.430 e. The van der Waals surface area contributed by atoms with E-state index in [1.165, 1.54) is 11.3 Å². The summed E-state index contributed by atoms with van der Waals surface area (Å²) in [5.74, 6) is 0.959. The Morgan fingerprint density at radius 2 is 2.07 bits per heavy atom. The predicted molar refractivity (Wildman–Crippen MR) is 105 cm³/mol. The third-order valence-electron chi connectivity index (χ3n) is 4.21. The highest BCUT2D eigenvalue weighted by atomic mass is 32.1. The number of amides is 1.